The minimum Gasteiger partial charge on any atom is -0.481 e. The van der Waals surface area contributed by atoms with Gasteiger partial charge < -0.3 is 10.4 Å². The van der Waals surface area contributed by atoms with Crippen LogP contribution in [0.25, 0.3) is 0 Å². The van der Waals surface area contributed by atoms with Crippen molar-refractivity contribution >= 4 is 11.9 Å². The number of nitrogens with one attached hydrogen (secondary N) is 1. The minimum atomic E-state index is -0.886. The van der Waals surface area contributed by atoms with Crippen LogP contribution in [0.2, 0.25) is 0 Å². The average molecular weight is 237 g/mol. The molecule has 0 aromatic carbocycles. The number of hydrogen-bond donors (Lipinski definition) is 2. The van der Waals surface area contributed by atoms with E-state index in [2.05, 4.69) is 10.4 Å². The van der Waals surface area contributed by atoms with Gasteiger partial charge in [0.25, 0.3) is 5.91 Å². The fourth-order valence-corrected chi connectivity index (χ4v) is 1.80. The van der Waals surface area contributed by atoms with E-state index in [1.54, 1.807) is 19.3 Å². The van der Waals surface area contributed by atoms with Crippen LogP contribution in [0, 0.1) is 5.92 Å². The van der Waals surface area contributed by atoms with Gasteiger partial charge >= 0.3 is 5.97 Å². The lowest BCUT2D eigenvalue weighted by atomic mass is 10.1. The molecule has 0 aliphatic heterocycles. The van der Waals surface area contributed by atoms with Gasteiger partial charge in [0, 0.05) is 19.3 Å². The molecule has 1 atom stereocenters. The maximum atomic E-state index is 11.8. The first-order chi connectivity index (χ1) is 8.06. The summed E-state index contributed by atoms with van der Waals surface area (Å²) < 4.78 is 1.54. The van der Waals surface area contributed by atoms with Gasteiger partial charge in [0.05, 0.1) is 6.42 Å². The first-order valence-corrected chi connectivity index (χ1v) is 5.58. The highest BCUT2D eigenvalue weighted by Gasteiger charge is 2.34. The second-order valence-electron chi connectivity index (χ2n) is 4.39. The van der Waals surface area contributed by atoms with E-state index in [1.807, 2.05) is 0 Å². The van der Waals surface area contributed by atoms with Gasteiger partial charge in [-0.1, -0.05) is 0 Å². The predicted molar refractivity (Wildman–Crippen MR) is 59.4 cm³/mol. The number of carboxylic acids is 1. The van der Waals surface area contributed by atoms with Crippen LogP contribution in [0.15, 0.2) is 12.3 Å². The van der Waals surface area contributed by atoms with E-state index in [1.165, 1.54) is 4.68 Å². The van der Waals surface area contributed by atoms with Gasteiger partial charge in [0.2, 0.25) is 0 Å². The smallest absolute Gasteiger partial charge is 0.305 e. The van der Waals surface area contributed by atoms with Gasteiger partial charge in [-0.2, -0.15) is 5.10 Å². The summed E-state index contributed by atoms with van der Waals surface area (Å²) in [6, 6.07) is 1.34. The van der Waals surface area contributed by atoms with Crippen molar-refractivity contribution in [3.05, 3.63) is 18.0 Å². The van der Waals surface area contributed by atoms with Crippen LogP contribution < -0.4 is 5.32 Å². The SMILES string of the molecule is Cn1ccc(C(=O)NC(CC(=O)O)C2CC2)n1. The molecule has 0 saturated heterocycles. The first-order valence-electron chi connectivity index (χ1n) is 5.58. The molecule has 6 heteroatoms. The zero-order chi connectivity index (χ0) is 12.4. The van der Waals surface area contributed by atoms with Crippen LogP contribution in [0.3, 0.4) is 0 Å². The second kappa shape index (κ2) is 4.57. The number of aliphatic carboxylic acids is 1. The van der Waals surface area contributed by atoms with E-state index in [0.717, 1.165) is 12.8 Å². The number of hydrogen-bond acceptors (Lipinski definition) is 3. The van der Waals surface area contributed by atoms with Crippen molar-refractivity contribution in [2.24, 2.45) is 13.0 Å². The molecule has 1 aromatic rings. The molecule has 2 rings (SSSR count). The molecule has 17 heavy (non-hydrogen) atoms. The van der Waals surface area contributed by atoms with Crippen molar-refractivity contribution in [2.75, 3.05) is 0 Å². The molecule has 2 N–H and O–H groups in total. The maximum absolute atomic E-state index is 11.8. The van der Waals surface area contributed by atoms with Crippen molar-refractivity contribution < 1.29 is 14.7 Å². The van der Waals surface area contributed by atoms with Crippen molar-refractivity contribution in [3.8, 4) is 0 Å². The standard InChI is InChI=1S/C11H15N3O3/c1-14-5-4-8(13-14)11(17)12-9(6-10(15)16)7-2-3-7/h4-5,7,9H,2-3,6H2,1H3,(H,12,17)(H,15,16). The zero-order valence-electron chi connectivity index (χ0n) is 9.59. The summed E-state index contributed by atoms with van der Waals surface area (Å²) in [5, 5.41) is 15.5. The van der Waals surface area contributed by atoms with Crippen molar-refractivity contribution in [3.63, 3.8) is 0 Å². The molecule has 1 aromatic heterocycles. The Kier molecular flexibility index (Phi) is 3.12. The monoisotopic (exact) mass is 237 g/mol. The molecule has 1 amide bonds. The summed E-state index contributed by atoms with van der Waals surface area (Å²) >= 11 is 0. The first kappa shape index (κ1) is 11.6. The Morgan fingerprint density at radius 2 is 2.35 bits per heavy atom. The topological polar surface area (TPSA) is 84.2 Å². The summed E-state index contributed by atoms with van der Waals surface area (Å²) in [6.07, 6.45) is 3.63. The van der Waals surface area contributed by atoms with Gasteiger partial charge in [0.15, 0.2) is 0 Å². The predicted octanol–water partition coefficient (Wildman–Crippen LogP) is 0.403. The number of aryl methyl sites for hydroxylation is 1. The van der Waals surface area contributed by atoms with Crippen LogP contribution in [0.4, 0.5) is 0 Å². The largest absolute Gasteiger partial charge is 0.481 e. The quantitative estimate of drug-likeness (QED) is 0.776. The number of nitrogens with zero attached hydrogens (tertiary/aromatic N) is 2. The van der Waals surface area contributed by atoms with E-state index in [9.17, 15) is 9.59 Å². The molecule has 0 bridgehead atoms. The Morgan fingerprint density at radius 3 is 2.82 bits per heavy atom. The number of carboxylic acid groups (broad SMARTS) is 1. The van der Waals surface area contributed by atoms with Gasteiger partial charge in [-0.05, 0) is 24.8 Å². The van der Waals surface area contributed by atoms with Crippen LogP contribution in [0.1, 0.15) is 29.8 Å². The Balaban J connectivity index is 1.97. The number of amides is 1. The lowest BCUT2D eigenvalue weighted by molar-refractivity contribution is -0.137. The van der Waals surface area contributed by atoms with Gasteiger partial charge in [-0.25, -0.2) is 0 Å². The third-order valence-corrected chi connectivity index (χ3v) is 2.85. The fourth-order valence-electron chi connectivity index (χ4n) is 1.80. The molecule has 6 nitrogen and oxygen atoms in total. The molecule has 92 valence electrons. The third kappa shape index (κ3) is 3.05. The molecule has 1 fully saturated rings. The maximum Gasteiger partial charge on any atom is 0.305 e. The van der Waals surface area contributed by atoms with E-state index in [0.29, 0.717) is 11.6 Å². The van der Waals surface area contributed by atoms with Gasteiger partial charge in [-0.15, -0.1) is 0 Å². The highest BCUT2D eigenvalue weighted by molar-refractivity contribution is 5.92. The molecule has 1 unspecified atom stereocenters. The van der Waals surface area contributed by atoms with E-state index in [4.69, 9.17) is 5.11 Å². The van der Waals surface area contributed by atoms with Crippen molar-refractivity contribution in [1.82, 2.24) is 15.1 Å². The van der Waals surface area contributed by atoms with Gasteiger partial charge in [0.1, 0.15) is 5.69 Å². The highest BCUT2D eigenvalue weighted by atomic mass is 16.4. The van der Waals surface area contributed by atoms with Crippen molar-refractivity contribution in [2.45, 2.75) is 25.3 Å². The lowest BCUT2D eigenvalue weighted by Gasteiger charge is -2.15. The molecule has 1 heterocycles. The van der Waals surface area contributed by atoms with Crippen LogP contribution in [-0.2, 0) is 11.8 Å². The molecule has 1 aliphatic carbocycles. The second-order valence-corrected chi connectivity index (χ2v) is 4.39. The molecule has 0 radical (unpaired) electrons. The Hall–Kier alpha value is -1.85. The lowest BCUT2D eigenvalue weighted by Crippen LogP contribution is -2.38. The molecule has 1 saturated carbocycles. The van der Waals surface area contributed by atoms with Crippen LogP contribution in [-0.4, -0.2) is 32.8 Å². The molecule has 0 spiro atoms. The number of aromatic nitrogens is 2. The number of carbonyl (C=O) groups excluding carboxylic acids is 1. The van der Waals surface area contributed by atoms with E-state index >= 15 is 0 Å². The molecular weight excluding hydrogens is 222 g/mol. The third-order valence-electron chi connectivity index (χ3n) is 2.85. The van der Waals surface area contributed by atoms with Crippen molar-refractivity contribution in [1.29, 1.82) is 0 Å². The van der Waals surface area contributed by atoms with Crippen LogP contribution in [0.5, 0.6) is 0 Å². The molecule has 1 aliphatic rings. The Morgan fingerprint density at radius 1 is 1.65 bits per heavy atom. The number of carbonyl (C=O) groups is 2. The summed E-state index contributed by atoms with van der Waals surface area (Å²) in [7, 11) is 1.73. The molecular formula is C11H15N3O3. The zero-order valence-corrected chi connectivity index (χ0v) is 9.59. The normalized spacial score (nSPS) is 16.5. The minimum absolute atomic E-state index is 0.0246. The van der Waals surface area contributed by atoms with Crippen LogP contribution >= 0.6 is 0 Å². The summed E-state index contributed by atoms with van der Waals surface area (Å²) in [4.78, 5) is 22.5. The summed E-state index contributed by atoms with van der Waals surface area (Å²) in [6.45, 7) is 0. The Bertz CT molecular complexity index is 437. The highest BCUT2D eigenvalue weighted by Crippen LogP contribution is 2.34. The Labute approximate surface area is 98.6 Å². The summed E-state index contributed by atoms with van der Waals surface area (Å²) in [5.41, 5.74) is 0.323. The van der Waals surface area contributed by atoms with E-state index < -0.39 is 5.97 Å². The summed E-state index contributed by atoms with van der Waals surface area (Å²) in [5.74, 6) is -0.884. The van der Waals surface area contributed by atoms with E-state index in [-0.39, 0.29) is 18.4 Å². The fraction of sp³-hybridized carbons (Fsp3) is 0.545. The average Bonchev–Trinajstić information content (AvgIpc) is 2.99. The number of rotatable bonds is 5. The van der Waals surface area contributed by atoms with Gasteiger partial charge in [-0.3, -0.25) is 14.3 Å².